The fourth-order valence-corrected chi connectivity index (χ4v) is 8.49. The van der Waals surface area contributed by atoms with Crippen LogP contribution in [-0.4, -0.2) is 23.8 Å². The number of aliphatic hydroxyl groups is 1. The number of hydrogen-bond acceptors (Lipinski definition) is 4. The highest BCUT2D eigenvalue weighted by atomic mass is 17.2. The first-order chi connectivity index (χ1) is 29.6. The van der Waals surface area contributed by atoms with Gasteiger partial charge in [-0.3, -0.25) is 4.89 Å². The van der Waals surface area contributed by atoms with Crippen LogP contribution in [0.25, 0.3) is 0 Å². The lowest BCUT2D eigenvalue weighted by Gasteiger charge is -2.10. The van der Waals surface area contributed by atoms with Gasteiger partial charge in [0.1, 0.15) is 0 Å². The third kappa shape index (κ3) is 59.5. The molecule has 362 valence electrons. The van der Waals surface area contributed by atoms with E-state index in [4.69, 9.17) is 9.78 Å². The van der Waals surface area contributed by atoms with Crippen molar-refractivity contribution < 1.29 is 19.7 Å². The first kappa shape index (κ1) is 61.5. The molecule has 60 heavy (non-hydrogen) atoms. The summed E-state index contributed by atoms with van der Waals surface area (Å²) in [4.78, 5) is 21.9. The summed E-state index contributed by atoms with van der Waals surface area (Å²) in [6.45, 7) is 9.65. The van der Waals surface area contributed by atoms with E-state index in [0.717, 1.165) is 32.1 Å². The summed E-state index contributed by atoms with van der Waals surface area (Å²) in [5, 5.41) is 9.95. The molecule has 0 aromatic heterocycles. The monoisotopic (exact) mass is 851 g/mol. The van der Waals surface area contributed by atoms with Crippen LogP contribution in [0.1, 0.15) is 342 Å². The maximum absolute atomic E-state index is 11.8. The molecule has 1 atom stereocenters. The van der Waals surface area contributed by atoms with Crippen molar-refractivity contribution in [3.05, 3.63) is 0 Å². The van der Waals surface area contributed by atoms with E-state index >= 15 is 0 Å². The van der Waals surface area contributed by atoms with Crippen LogP contribution in [0.4, 0.5) is 0 Å². The molecule has 0 rings (SSSR count). The lowest BCUT2D eigenvalue weighted by Crippen LogP contribution is -2.06. The summed E-state index contributed by atoms with van der Waals surface area (Å²) in [7, 11) is 0. The maximum atomic E-state index is 11.8. The van der Waals surface area contributed by atoms with E-state index in [9.17, 15) is 9.90 Å². The lowest BCUT2D eigenvalue weighted by molar-refractivity contribution is -0.272. The standard InChI is InChI=1S/C36H72O3.C20H42O/c1-3-5-7-9-11-13-15-17-19-21-23-25-27-29-31-33-35-38-39-36(37)34-32-30-28-26-24-22-20-18-16-14-12-10-8-6-4-2;1-3-5-7-9-11-12-13-15-17-19-20(21)18-16-14-10-8-6-4-2/h3-35H2,1-2H3;20-21H,3-19H2,1-2H3. The fourth-order valence-electron chi connectivity index (χ4n) is 8.49. The number of carbonyl (C=O) groups excluding carboxylic acids is 1. The average Bonchev–Trinajstić information content (AvgIpc) is 3.25. The van der Waals surface area contributed by atoms with Crippen molar-refractivity contribution in [3.63, 3.8) is 0 Å². The van der Waals surface area contributed by atoms with Gasteiger partial charge in [0.25, 0.3) is 0 Å². The molecule has 1 unspecified atom stereocenters. The minimum Gasteiger partial charge on any atom is -0.393 e. The zero-order valence-corrected chi connectivity index (χ0v) is 42.1. The molecule has 0 bridgehead atoms. The van der Waals surface area contributed by atoms with Gasteiger partial charge in [-0.2, -0.15) is 4.89 Å². The first-order valence-electron chi connectivity index (χ1n) is 28.1. The Morgan fingerprint density at radius 3 is 0.800 bits per heavy atom. The molecule has 0 aliphatic rings. The van der Waals surface area contributed by atoms with E-state index in [1.165, 1.54) is 276 Å². The molecule has 0 spiro atoms. The largest absolute Gasteiger partial charge is 0.393 e. The predicted molar refractivity (Wildman–Crippen MR) is 267 cm³/mol. The van der Waals surface area contributed by atoms with Gasteiger partial charge < -0.3 is 5.11 Å². The number of aliphatic hydroxyl groups excluding tert-OH is 1. The Kier molecular flexibility index (Phi) is 59.8. The van der Waals surface area contributed by atoms with Crippen molar-refractivity contribution in [2.24, 2.45) is 0 Å². The second-order valence-electron chi connectivity index (χ2n) is 19.1. The summed E-state index contributed by atoms with van der Waals surface area (Å²) in [5.41, 5.74) is 0. The minimum atomic E-state index is -0.193. The molecule has 4 heteroatoms. The summed E-state index contributed by atoms with van der Waals surface area (Å²) in [5.74, 6) is -0.193. The zero-order chi connectivity index (χ0) is 43.9. The van der Waals surface area contributed by atoms with Crippen molar-refractivity contribution in [3.8, 4) is 0 Å². The summed E-state index contributed by atoms with van der Waals surface area (Å²) >= 11 is 0. The molecule has 0 radical (unpaired) electrons. The Morgan fingerprint density at radius 1 is 0.317 bits per heavy atom. The second kappa shape index (κ2) is 58.4. The van der Waals surface area contributed by atoms with Crippen LogP contribution in [0.3, 0.4) is 0 Å². The smallest absolute Gasteiger partial charge is 0.342 e. The van der Waals surface area contributed by atoms with E-state index < -0.39 is 0 Å². The Morgan fingerprint density at radius 2 is 0.533 bits per heavy atom. The first-order valence-corrected chi connectivity index (χ1v) is 28.1. The molecule has 0 heterocycles. The number of hydrogen-bond donors (Lipinski definition) is 1. The molecular weight excluding hydrogens is 737 g/mol. The van der Waals surface area contributed by atoms with Gasteiger partial charge in [-0.15, -0.1) is 0 Å². The maximum Gasteiger partial charge on any atom is 0.342 e. The predicted octanol–water partition coefficient (Wildman–Crippen LogP) is 20.0. The van der Waals surface area contributed by atoms with E-state index in [1.54, 1.807) is 0 Å². The Labute approximate surface area is 379 Å². The van der Waals surface area contributed by atoms with Gasteiger partial charge in [-0.25, -0.2) is 4.79 Å². The van der Waals surface area contributed by atoms with E-state index in [0.29, 0.717) is 13.0 Å². The van der Waals surface area contributed by atoms with Crippen molar-refractivity contribution in [2.75, 3.05) is 6.61 Å². The Bertz CT molecular complexity index is 741. The van der Waals surface area contributed by atoms with Crippen molar-refractivity contribution in [1.82, 2.24) is 0 Å². The molecule has 0 fully saturated rings. The molecule has 0 saturated carbocycles. The lowest BCUT2D eigenvalue weighted by atomic mass is 10.0. The van der Waals surface area contributed by atoms with Gasteiger partial charge in [-0.05, 0) is 25.7 Å². The molecule has 0 aliphatic heterocycles. The second-order valence-corrected chi connectivity index (χ2v) is 19.1. The Hall–Kier alpha value is -0.610. The molecule has 0 amide bonds. The van der Waals surface area contributed by atoms with Crippen LogP contribution < -0.4 is 0 Å². The quantitative estimate of drug-likeness (QED) is 0.0376. The molecule has 1 N–H and O–H groups in total. The molecule has 0 aromatic carbocycles. The van der Waals surface area contributed by atoms with E-state index in [-0.39, 0.29) is 12.1 Å². The van der Waals surface area contributed by atoms with Crippen LogP contribution in [0.2, 0.25) is 0 Å². The van der Waals surface area contributed by atoms with Crippen LogP contribution in [-0.2, 0) is 14.6 Å². The topological polar surface area (TPSA) is 55.8 Å². The fraction of sp³-hybridized carbons (Fsp3) is 0.982. The summed E-state index contributed by atoms with van der Waals surface area (Å²) < 4.78 is 0. The van der Waals surface area contributed by atoms with Crippen LogP contribution in [0.15, 0.2) is 0 Å². The molecule has 0 aliphatic carbocycles. The van der Waals surface area contributed by atoms with Crippen LogP contribution in [0, 0.1) is 0 Å². The summed E-state index contributed by atoms with van der Waals surface area (Å²) in [6, 6.07) is 0. The molecule has 4 nitrogen and oxygen atoms in total. The normalized spacial score (nSPS) is 11.8. The molecular formula is C56H114O4. The van der Waals surface area contributed by atoms with Crippen LogP contribution in [0.5, 0.6) is 0 Å². The van der Waals surface area contributed by atoms with E-state index in [1.807, 2.05) is 0 Å². The van der Waals surface area contributed by atoms with Gasteiger partial charge in [0.2, 0.25) is 0 Å². The molecule has 0 aromatic rings. The van der Waals surface area contributed by atoms with Crippen molar-refractivity contribution in [2.45, 2.75) is 348 Å². The Balaban J connectivity index is 0. The number of carbonyl (C=O) groups is 1. The highest BCUT2D eigenvalue weighted by Gasteiger charge is 2.05. The van der Waals surface area contributed by atoms with Gasteiger partial charge >= 0.3 is 5.97 Å². The van der Waals surface area contributed by atoms with Crippen molar-refractivity contribution in [1.29, 1.82) is 0 Å². The van der Waals surface area contributed by atoms with Gasteiger partial charge in [-0.1, -0.05) is 310 Å². The van der Waals surface area contributed by atoms with Gasteiger partial charge in [0, 0.05) is 6.42 Å². The van der Waals surface area contributed by atoms with Gasteiger partial charge in [0.05, 0.1) is 12.7 Å². The highest BCUT2D eigenvalue weighted by Crippen LogP contribution is 2.17. The third-order valence-corrected chi connectivity index (χ3v) is 12.7. The van der Waals surface area contributed by atoms with Gasteiger partial charge in [0.15, 0.2) is 0 Å². The zero-order valence-electron chi connectivity index (χ0n) is 42.1. The average molecular weight is 852 g/mol. The summed E-state index contributed by atoms with van der Waals surface area (Å²) in [6.07, 6.45) is 64.7. The highest BCUT2D eigenvalue weighted by molar-refractivity contribution is 5.68. The molecule has 0 saturated heterocycles. The number of rotatable bonds is 51. The minimum absolute atomic E-state index is 0.0271. The van der Waals surface area contributed by atoms with E-state index in [2.05, 4.69) is 27.7 Å². The SMILES string of the molecule is CCCCCCCCCCCC(O)CCCCCCCC.CCCCCCCCCCCCCCCCCCOOC(=O)CCCCCCCCCCCCCCCCC. The van der Waals surface area contributed by atoms with Crippen molar-refractivity contribution >= 4 is 5.97 Å². The van der Waals surface area contributed by atoms with Crippen LogP contribution >= 0.6 is 0 Å². The third-order valence-electron chi connectivity index (χ3n) is 12.7. The number of unbranched alkanes of at least 4 members (excludes halogenated alkanes) is 42.